The number of hydrogen-bond acceptors (Lipinski definition) is 3. The van der Waals surface area contributed by atoms with Gasteiger partial charge in [0.25, 0.3) is 0 Å². The van der Waals surface area contributed by atoms with Crippen molar-refractivity contribution < 1.29 is 5.11 Å². The molecule has 0 aliphatic carbocycles. The molecule has 0 atom stereocenters. The molecular weight excluding hydrogens is 132 g/mol. The number of unbranched alkanes of at least 4 members (excludes halogenated alkanes) is 1. The Morgan fingerprint density at radius 1 is 1.50 bits per heavy atom. The highest BCUT2D eigenvalue weighted by Gasteiger charge is 1.98. The third kappa shape index (κ3) is 4.26. The van der Waals surface area contributed by atoms with E-state index in [1.165, 1.54) is 5.01 Å². The molecule has 0 aliphatic rings. The van der Waals surface area contributed by atoms with Gasteiger partial charge in [0.1, 0.15) is 0 Å². The average Bonchev–Trinajstić information content (AvgIpc) is 1.98. The second-order valence-corrected chi connectivity index (χ2v) is 2.11. The molecule has 0 bridgehead atoms. The molecule has 4 nitrogen and oxygen atoms in total. The van der Waals surface area contributed by atoms with Gasteiger partial charge in [-0.15, -0.1) is 4.91 Å². The van der Waals surface area contributed by atoms with Gasteiger partial charge in [-0.1, -0.05) is 13.3 Å². The van der Waals surface area contributed by atoms with Crippen LogP contribution in [0.2, 0.25) is 0 Å². The summed E-state index contributed by atoms with van der Waals surface area (Å²) in [5.74, 6) is 0. The van der Waals surface area contributed by atoms with Gasteiger partial charge in [-0.25, -0.2) is 0 Å². The number of aliphatic hydroxyl groups excluding tert-OH is 1. The van der Waals surface area contributed by atoms with Crippen LogP contribution in [-0.2, 0) is 0 Å². The van der Waals surface area contributed by atoms with Crippen LogP contribution in [0.4, 0.5) is 0 Å². The molecule has 0 aromatic rings. The lowest BCUT2D eigenvalue weighted by Crippen LogP contribution is -2.21. The molecule has 0 heterocycles. The predicted octanol–water partition coefficient (Wildman–Crippen LogP) is 0.762. The Morgan fingerprint density at radius 2 is 2.20 bits per heavy atom. The van der Waals surface area contributed by atoms with Gasteiger partial charge < -0.3 is 5.11 Å². The van der Waals surface area contributed by atoms with Crippen LogP contribution in [0.5, 0.6) is 0 Å². The largest absolute Gasteiger partial charge is 0.394 e. The van der Waals surface area contributed by atoms with Crippen molar-refractivity contribution in [2.24, 2.45) is 5.29 Å². The van der Waals surface area contributed by atoms with E-state index in [0.717, 1.165) is 12.8 Å². The fourth-order valence-electron chi connectivity index (χ4n) is 0.650. The van der Waals surface area contributed by atoms with Crippen molar-refractivity contribution in [1.29, 1.82) is 0 Å². The molecule has 0 radical (unpaired) electrons. The van der Waals surface area contributed by atoms with Gasteiger partial charge >= 0.3 is 0 Å². The summed E-state index contributed by atoms with van der Waals surface area (Å²) < 4.78 is 0. The summed E-state index contributed by atoms with van der Waals surface area (Å²) in [7, 11) is 0. The van der Waals surface area contributed by atoms with Gasteiger partial charge in [0.15, 0.2) is 0 Å². The minimum atomic E-state index is -0.00451. The van der Waals surface area contributed by atoms with E-state index in [-0.39, 0.29) is 6.61 Å². The smallest absolute Gasteiger partial charge is 0.0624 e. The van der Waals surface area contributed by atoms with E-state index in [9.17, 15) is 4.91 Å². The van der Waals surface area contributed by atoms with E-state index in [1.807, 2.05) is 6.92 Å². The van der Waals surface area contributed by atoms with Crippen molar-refractivity contribution in [3.05, 3.63) is 4.91 Å². The topological polar surface area (TPSA) is 52.9 Å². The number of nitrogens with zero attached hydrogens (tertiary/aromatic N) is 2. The summed E-state index contributed by atoms with van der Waals surface area (Å²) >= 11 is 0. The van der Waals surface area contributed by atoms with Crippen molar-refractivity contribution in [2.45, 2.75) is 19.8 Å². The van der Waals surface area contributed by atoms with Crippen molar-refractivity contribution >= 4 is 0 Å². The molecule has 0 aliphatic heterocycles. The second kappa shape index (κ2) is 6.48. The maximum atomic E-state index is 9.97. The molecule has 0 aromatic carbocycles. The number of hydrogen-bond donors (Lipinski definition) is 1. The van der Waals surface area contributed by atoms with Crippen molar-refractivity contribution in [2.75, 3.05) is 19.7 Å². The Balaban J connectivity index is 3.29. The van der Waals surface area contributed by atoms with E-state index in [1.54, 1.807) is 0 Å². The maximum Gasteiger partial charge on any atom is 0.0624 e. The van der Waals surface area contributed by atoms with E-state index >= 15 is 0 Å². The Morgan fingerprint density at radius 3 is 2.60 bits per heavy atom. The molecule has 0 rings (SSSR count). The molecule has 0 spiro atoms. The first kappa shape index (κ1) is 9.36. The van der Waals surface area contributed by atoms with Gasteiger partial charge in [-0.3, -0.25) is 5.01 Å². The monoisotopic (exact) mass is 146 g/mol. The summed E-state index contributed by atoms with van der Waals surface area (Å²) in [5.41, 5.74) is 0. The zero-order chi connectivity index (χ0) is 7.82. The molecule has 60 valence electrons. The van der Waals surface area contributed by atoms with Crippen LogP contribution in [0.25, 0.3) is 0 Å². The van der Waals surface area contributed by atoms with Crippen molar-refractivity contribution in [1.82, 2.24) is 5.01 Å². The minimum absolute atomic E-state index is 0.00451. The van der Waals surface area contributed by atoms with Gasteiger partial charge in [0, 0.05) is 6.54 Å². The lowest BCUT2D eigenvalue weighted by molar-refractivity contribution is 0.197. The first-order valence-corrected chi connectivity index (χ1v) is 3.54. The van der Waals surface area contributed by atoms with E-state index < -0.39 is 0 Å². The lowest BCUT2D eigenvalue weighted by Gasteiger charge is -2.11. The van der Waals surface area contributed by atoms with Crippen LogP contribution in [0.1, 0.15) is 19.8 Å². The van der Waals surface area contributed by atoms with Gasteiger partial charge in [0.2, 0.25) is 0 Å². The molecular formula is C6H14N2O2. The fraction of sp³-hybridized carbons (Fsp3) is 1.00. The van der Waals surface area contributed by atoms with Crippen LogP contribution in [0, 0.1) is 4.91 Å². The lowest BCUT2D eigenvalue weighted by atomic mass is 10.3. The Bertz CT molecular complexity index is 87.8. The molecule has 10 heavy (non-hydrogen) atoms. The Labute approximate surface area is 60.8 Å². The third-order valence-corrected chi connectivity index (χ3v) is 1.24. The van der Waals surface area contributed by atoms with Crippen molar-refractivity contribution in [3.8, 4) is 0 Å². The van der Waals surface area contributed by atoms with Crippen LogP contribution in [0.3, 0.4) is 0 Å². The van der Waals surface area contributed by atoms with E-state index in [4.69, 9.17) is 5.11 Å². The fourth-order valence-corrected chi connectivity index (χ4v) is 0.650. The summed E-state index contributed by atoms with van der Waals surface area (Å²) in [6.07, 6.45) is 1.99. The highest BCUT2D eigenvalue weighted by molar-refractivity contribution is 4.48. The predicted molar refractivity (Wildman–Crippen MR) is 39.4 cm³/mol. The van der Waals surface area contributed by atoms with Gasteiger partial charge in [-0.05, 0) is 6.42 Å². The molecule has 0 saturated heterocycles. The SMILES string of the molecule is CCCCN(CCO)N=O. The van der Waals surface area contributed by atoms with Crippen LogP contribution in [0.15, 0.2) is 5.29 Å². The quantitative estimate of drug-likeness (QED) is 0.444. The highest BCUT2D eigenvalue weighted by atomic mass is 16.3. The van der Waals surface area contributed by atoms with Crippen molar-refractivity contribution in [3.63, 3.8) is 0 Å². The molecule has 0 unspecified atom stereocenters. The molecule has 4 heteroatoms. The zero-order valence-corrected chi connectivity index (χ0v) is 6.29. The highest BCUT2D eigenvalue weighted by Crippen LogP contribution is 1.93. The van der Waals surface area contributed by atoms with Crippen LogP contribution >= 0.6 is 0 Å². The number of rotatable bonds is 6. The summed E-state index contributed by atoms with van der Waals surface area (Å²) in [4.78, 5) is 9.97. The van der Waals surface area contributed by atoms with E-state index in [2.05, 4.69) is 5.29 Å². The summed E-state index contributed by atoms with van der Waals surface area (Å²) in [5, 5.41) is 12.5. The summed E-state index contributed by atoms with van der Waals surface area (Å²) in [6.45, 7) is 3.04. The van der Waals surface area contributed by atoms with Crippen LogP contribution in [-0.4, -0.2) is 29.8 Å². The van der Waals surface area contributed by atoms with Gasteiger partial charge in [-0.2, -0.15) is 0 Å². The molecule has 0 amide bonds. The second-order valence-electron chi connectivity index (χ2n) is 2.11. The molecule has 1 N–H and O–H groups in total. The summed E-state index contributed by atoms with van der Waals surface area (Å²) in [6, 6.07) is 0. The number of nitroso groups, excluding NO2 is 1. The standard InChI is InChI=1S/C6H14N2O2/c1-2-3-4-8(7-10)5-6-9/h9H,2-6H2,1H3. The third-order valence-electron chi connectivity index (χ3n) is 1.24. The first-order chi connectivity index (χ1) is 4.85. The molecule has 0 saturated carbocycles. The minimum Gasteiger partial charge on any atom is -0.394 e. The van der Waals surface area contributed by atoms with Crippen LogP contribution < -0.4 is 0 Å². The van der Waals surface area contributed by atoms with E-state index in [0.29, 0.717) is 13.1 Å². The molecule has 0 fully saturated rings. The average molecular weight is 146 g/mol. The maximum absolute atomic E-state index is 9.97. The Kier molecular flexibility index (Phi) is 6.06. The first-order valence-electron chi connectivity index (χ1n) is 3.54. The van der Waals surface area contributed by atoms with Gasteiger partial charge in [0.05, 0.1) is 18.4 Å². The Hall–Kier alpha value is -0.640. The normalized spacial score (nSPS) is 9.40. The number of aliphatic hydroxyl groups is 1. The molecule has 0 aromatic heterocycles. The zero-order valence-electron chi connectivity index (χ0n) is 6.29.